The van der Waals surface area contributed by atoms with Crippen LogP contribution in [0.5, 0.6) is 0 Å². The van der Waals surface area contributed by atoms with Gasteiger partial charge < -0.3 is 25.2 Å². The number of nitrogens with zero attached hydrogens (tertiary/aromatic N) is 3. The molecule has 2 unspecified atom stereocenters. The number of hydrogen-bond acceptors (Lipinski definition) is 4. The molecule has 8 heteroatoms. The summed E-state index contributed by atoms with van der Waals surface area (Å²) in [6.07, 6.45) is 1.49. The summed E-state index contributed by atoms with van der Waals surface area (Å²) in [6, 6.07) is 11.0. The van der Waals surface area contributed by atoms with Gasteiger partial charge in [-0.15, -0.1) is 24.0 Å². The van der Waals surface area contributed by atoms with E-state index in [1.54, 1.807) is 7.05 Å². The van der Waals surface area contributed by atoms with Gasteiger partial charge in [0.25, 0.3) is 0 Å². The van der Waals surface area contributed by atoms with Gasteiger partial charge in [0.1, 0.15) is 5.60 Å². The Labute approximate surface area is 198 Å². The quantitative estimate of drug-likeness (QED) is 0.336. The van der Waals surface area contributed by atoms with Crippen LogP contribution in [-0.4, -0.2) is 80.3 Å². The van der Waals surface area contributed by atoms with Crippen LogP contribution in [0.25, 0.3) is 0 Å². The van der Waals surface area contributed by atoms with Crippen molar-refractivity contribution in [3.8, 4) is 0 Å². The molecular formula is C22H38IN5O2. The first kappa shape index (κ1) is 26.5. The van der Waals surface area contributed by atoms with Gasteiger partial charge in [0.15, 0.2) is 5.96 Å². The Morgan fingerprint density at radius 1 is 1.30 bits per heavy atom. The zero-order valence-electron chi connectivity index (χ0n) is 19.1. The van der Waals surface area contributed by atoms with Crippen molar-refractivity contribution in [3.63, 3.8) is 0 Å². The number of carbonyl (C=O) groups is 1. The number of rotatable bonds is 6. The van der Waals surface area contributed by atoms with E-state index in [0.717, 1.165) is 38.4 Å². The molecule has 0 aliphatic carbocycles. The first-order chi connectivity index (χ1) is 13.7. The Bertz CT molecular complexity index is 676. The van der Waals surface area contributed by atoms with Crippen LogP contribution in [0.15, 0.2) is 35.3 Å². The predicted octanol–water partition coefficient (Wildman–Crippen LogP) is 2.95. The van der Waals surface area contributed by atoms with Crippen LogP contribution in [-0.2, 0) is 11.2 Å². The summed E-state index contributed by atoms with van der Waals surface area (Å²) in [5.74, 6) is 0.874. The van der Waals surface area contributed by atoms with Gasteiger partial charge in [0.2, 0.25) is 0 Å². The lowest BCUT2D eigenvalue weighted by molar-refractivity contribution is 0.0507. The number of likely N-dealkylation sites (tertiary alicyclic amines) is 1. The van der Waals surface area contributed by atoms with Crippen molar-refractivity contribution in [2.75, 3.05) is 40.8 Å². The second kappa shape index (κ2) is 12.3. The number of aliphatic imine (C=N–C) groups is 1. The Hall–Kier alpha value is -1.55. The molecule has 0 bridgehead atoms. The van der Waals surface area contributed by atoms with Crippen molar-refractivity contribution in [1.82, 2.24) is 20.4 Å². The van der Waals surface area contributed by atoms with Crippen molar-refractivity contribution < 1.29 is 9.53 Å². The zero-order chi connectivity index (χ0) is 21.4. The van der Waals surface area contributed by atoms with Crippen molar-refractivity contribution in [3.05, 3.63) is 35.9 Å². The van der Waals surface area contributed by atoms with Gasteiger partial charge >= 0.3 is 6.09 Å². The molecule has 1 aromatic carbocycles. The SMILES string of the molecule is CN=C(NCC(Cc1ccccc1)N(C)C)N1CCC(NC(=O)OC(C)(C)C)C1.I. The Kier molecular flexibility index (Phi) is 10.9. The number of hydrogen-bond donors (Lipinski definition) is 2. The third kappa shape index (κ3) is 9.07. The fourth-order valence-corrected chi connectivity index (χ4v) is 3.41. The number of amides is 1. The monoisotopic (exact) mass is 531 g/mol. The van der Waals surface area contributed by atoms with Crippen molar-refractivity contribution in [1.29, 1.82) is 0 Å². The first-order valence-corrected chi connectivity index (χ1v) is 10.3. The number of likely N-dealkylation sites (N-methyl/N-ethyl adjacent to an activating group) is 1. The number of nitrogens with one attached hydrogen (secondary N) is 2. The van der Waals surface area contributed by atoms with E-state index in [1.165, 1.54) is 5.56 Å². The van der Waals surface area contributed by atoms with Crippen LogP contribution >= 0.6 is 24.0 Å². The maximum absolute atomic E-state index is 12.0. The minimum absolute atomic E-state index is 0. The first-order valence-electron chi connectivity index (χ1n) is 10.3. The summed E-state index contributed by atoms with van der Waals surface area (Å²) in [5.41, 5.74) is 0.839. The minimum Gasteiger partial charge on any atom is -0.444 e. The summed E-state index contributed by atoms with van der Waals surface area (Å²) in [4.78, 5) is 20.9. The molecule has 170 valence electrons. The summed E-state index contributed by atoms with van der Waals surface area (Å²) in [5, 5.41) is 6.48. The molecule has 2 N–H and O–H groups in total. The van der Waals surface area contributed by atoms with Crippen LogP contribution in [0, 0.1) is 0 Å². The standard InChI is InChI=1S/C22H37N5O2.HI/c1-22(2,3)29-21(28)25-18-12-13-27(16-18)20(23-4)24-15-19(26(5)6)14-17-10-8-7-9-11-17;/h7-11,18-19H,12-16H2,1-6H3,(H,23,24)(H,25,28);1H. The highest BCUT2D eigenvalue weighted by Crippen LogP contribution is 2.12. The van der Waals surface area contributed by atoms with Gasteiger partial charge in [-0.05, 0) is 53.3 Å². The van der Waals surface area contributed by atoms with Gasteiger partial charge in [0, 0.05) is 32.7 Å². The molecule has 0 aromatic heterocycles. The highest BCUT2D eigenvalue weighted by Gasteiger charge is 2.28. The maximum Gasteiger partial charge on any atom is 0.407 e. The molecule has 1 aromatic rings. The Morgan fingerprint density at radius 2 is 1.97 bits per heavy atom. The fraction of sp³-hybridized carbons (Fsp3) is 0.636. The number of halogens is 1. The topological polar surface area (TPSA) is 69.2 Å². The van der Waals surface area contributed by atoms with E-state index < -0.39 is 5.60 Å². The van der Waals surface area contributed by atoms with Crippen LogP contribution < -0.4 is 10.6 Å². The third-order valence-electron chi connectivity index (χ3n) is 4.96. The van der Waals surface area contributed by atoms with E-state index in [4.69, 9.17) is 4.74 Å². The number of carbonyl (C=O) groups excluding carboxylic acids is 1. The average Bonchev–Trinajstić information content (AvgIpc) is 3.08. The summed E-state index contributed by atoms with van der Waals surface area (Å²) in [7, 11) is 6.02. The van der Waals surface area contributed by atoms with Crippen molar-refractivity contribution in [2.45, 2.75) is 51.3 Å². The molecule has 1 heterocycles. The molecule has 0 spiro atoms. The lowest BCUT2D eigenvalue weighted by atomic mass is 10.1. The minimum atomic E-state index is -0.486. The molecule has 1 saturated heterocycles. The highest BCUT2D eigenvalue weighted by molar-refractivity contribution is 14.0. The average molecular weight is 531 g/mol. The second-order valence-electron chi connectivity index (χ2n) is 8.81. The number of alkyl carbamates (subject to hydrolysis) is 1. The van der Waals surface area contributed by atoms with Gasteiger partial charge in [-0.2, -0.15) is 0 Å². The number of benzene rings is 1. The van der Waals surface area contributed by atoms with E-state index in [1.807, 2.05) is 26.8 Å². The fourth-order valence-electron chi connectivity index (χ4n) is 3.41. The molecule has 1 fully saturated rings. The predicted molar refractivity (Wildman–Crippen MR) is 134 cm³/mol. The third-order valence-corrected chi connectivity index (χ3v) is 4.96. The molecular weight excluding hydrogens is 493 g/mol. The molecule has 1 aliphatic rings. The molecule has 7 nitrogen and oxygen atoms in total. The summed E-state index contributed by atoms with van der Waals surface area (Å²) in [6.45, 7) is 7.99. The highest BCUT2D eigenvalue weighted by atomic mass is 127. The Balaban J connectivity index is 0.00000450. The van der Waals surface area contributed by atoms with E-state index in [2.05, 4.69) is 63.8 Å². The van der Waals surface area contributed by atoms with E-state index in [-0.39, 0.29) is 36.1 Å². The lowest BCUT2D eigenvalue weighted by Crippen LogP contribution is -2.48. The number of guanidine groups is 1. The van der Waals surface area contributed by atoms with Crippen molar-refractivity contribution in [2.24, 2.45) is 4.99 Å². The molecule has 30 heavy (non-hydrogen) atoms. The zero-order valence-corrected chi connectivity index (χ0v) is 21.5. The summed E-state index contributed by atoms with van der Waals surface area (Å²) >= 11 is 0. The molecule has 0 saturated carbocycles. The maximum atomic E-state index is 12.0. The lowest BCUT2D eigenvalue weighted by Gasteiger charge is -2.28. The molecule has 2 rings (SSSR count). The van der Waals surface area contributed by atoms with E-state index in [0.29, 0.717) is 6.04 Å². The van der Waals surface area contributed by atoms with Gasteiger partial charge in [-0.25, -0.2) is 4.79 Å². The molecule has 0 radical (unpaired) electrons. The van der Waals surface area contributed by atoms with E-state index >= 15 is 0 Å². The normalized spacial score (nSPS) is 18.0. The molecule has 1 aliphatic heterocycles. The van der Waals surface area contributed by atoms with Crippen LogP contribution in [0.4, 0.5) is 4.79 Å². The van der Waals surface area contributed by atoms with Gasteiger partial charge in [0.05, 0.1) is 6.04 Å². The molecule has 2 atom stereocenters. The van der Waals surface area contributed by atoms with Crippen LogP contribution in [0.1, 0.15) is 32.8 Å². The van der Waals surface area contributed by atoms with E-state index in [9.17, 15) is 4.79 Å². The number of ether oxygens (including phenoxy) is 1. The largest absolute Gasteiger partial charge is 0.444 e. The van der Waals surface area contributed by atoms with Gasteiger partial charge in [-0.3, -0.25) is 4.99 Å². The van der Waals surface area contributed by atoms with Crippen molar-refractivity contribution >= 4 is 36.0 Å². The van der Waals surface area contributed by atoms with Gasteiger partial charge in [-0.1, -0.05) is 30.3 Å². The Morgan fingerprint density at radius 3 is 2.53 bits per heavy atom. The summed E-state index contributed by atoms with van der Waals surface area (Å²) < 4.78 is 5.36. The smallest absolute Gasteiger partial charge is 0.407 e. The molecule has 1 amide bonds. The second-order valence-corrected chi connectivity index (χ2v) is 8.81. The van der Waals surface area contributed by atoms with Crippen LogP contribution in [0.2, 0.25) is 0 Å². The van der Waals surface area contributed by atoms with Crippen LogP contribution in [0.3, 0.4) is 0 Å².